The van der Waals surface area contributed by atoms with Crippen LogP contribution in [0.15, 0.2) is 53.4 Å². The van der Waals surface area contributed by atoms with Crippen molar-refractivity contribution >= 4 is 16.0 Å². The minimum atomic E-state index is -3.46. The van der Waals surface area contributed by atoms with Crippen LogP contribution < -0.4 is 9.47 Å². The number of rotatable bonds is 10. The Morgan fingerprint density at radius 3 is 2.11 bits per heavy atom. The zero-order valence-electron chi connectivity index (χ0n) is 16.3. The van der Waals surface area contributed by atoms with E-state index in [2.05, 4.69) is 0 Å². The van der Waals surface area contributed by atoms with Gasteiger partial charge >= 0.3 is 5.97 Å². The number of esters is 1. The Balaban J connectivity index is 1.69. The summed E-state index contributed by atoms with van der Waals surface area (Å²) in [5.74, 6) is 0.981. The van der Waals surface area contributed by atoms with Gasteiger partial charge in [0.05, 0.1) is 12.0 Å². The van der Waals surface area contributed by atoms with Crippen LogP contribution in [-0.4, -0.2) is 53.1 Å². The molecular formula is C20H25NO6S. The summed E-state index contributed by atoms with van der Waals surface area (Å²) in [6, 6.07) is 13.6. The Labute approximate surface area is 165 Å². The fourth-order valence-electron chi connectivity index (χ4n) is 2.34. The fraction of sp³-hybridized carbons (Fsp3) is 0.350. The van der Waals surface area contributed by atoms with Gasteiger partial charge in [0.25, 0.3) is 0 Å². The molecule has 28 heavy (non-hydrogen) atoms. The molecule has 2 aromatic rings. The maximum atomic E-state index is 12.0. The third kappa shape index (κ3) is 6.24. The average Bonchev–Trinajstić information content (AvgIpc) is 2.70. The van der Waals surface area contributed by atoms with E-state index >= 15 is 0 Å². The molecule has 0 fully saturated rings. The van der Waals surface area contributed by atoms with E-state index < -0.39 is 10.0 Å². The maximum Gasteiger partial charge on any atom is 0.306 e. The highest BCUT2D eigenvalue weighted by molar-refractivity contribution is 7.89. The number of benzene rings is 2. The summed E-state index contributed by atoms with van der Waals surface area (Å²) >= 11 is 0. The van der Waals surface area contributed by atoms with Crippen molar-refractivity contribution in [1.82, 2.24) is 4.31 Å². The van der Waals surface area contributed by atoms with Gasteiger partial charge in [-0.2, -0.15) is 0 Å². The molecular weight excluding hydrogens is 382 g/mol. The summed E-state index contributed by atoms with van der Waals surface area (Å²) < 4.78 is 40.9. The summed E-state index contributed by atoms with van der Waals surface area (Å²) in [7, 11) is 1.09. The van der Waals surface area contributed by atoms with E-state index in [1.807, 2.05) is 24.3 Å². The van der Waals surface area contributed by atoms with Crippen molar-refractivity contribution in [2.75, 3.05) is 34.4 Å². The predicted molar refractivity (Wildman–Crippen MR) is 105 cm³/mol. The highest BCUT2D eigenvalue weighted by Gasteiger charge is 2.16. The molecule has 0 spiro atoms. The van der Waals surface area contributed by atoms with Crippen molar-refractivity contribution in [1.29, 1.82) is 0 Å². The average molecular weight is 407 g/mol. The molecule has 2 aromatic carbocycles. The monoisotopic (exact) mass is 407 g/mol. The minimum Gasteiger partial charge on any atom is -0.497 e. The summed E-state index contributed by atoms with van der Waals surface area (Å²) in [6.45, 7) is 0.313. The first-order valence-electron chi connectivity index (χ1n) is 8.77. The lowest BCUT2D eigenvalue weighted by molar-refractivity contribution is -0.144. The zero-order chi connectivity index (χ0) is 20.6. The molecule has 0 saturated carbocycles. The zero-order valence-corrected chi connectivity index (χ0v) is 17.1. The Morgan fingerprint density at radius 2 is 1.54 bits per heavy atom. The first kappa shape index (κ1) is 21.7. The number of aryl methyl sites for hydroxylation is 1. The Kier molecular flexibility index (Phi) is 7.83. The quantitative estimate of drug-likeness (QED) is 0.445. The molecule has 0 atom stereocenters. The molecule has 2 rings (SSSR count). The number of ether oxygens (including phenoxy) is 3. The van der Waals surface area contributed by atoms with Crippen molar-refractivity contribution in [3.8, 4) is 11.5 Å². The number of carbonyl (C=O) groups excluding carboxylic acids is 1. The lowest BCUT2D eigenvalue weighted by Crippen LogP contribution is -2.22. The highest BCUT2D eigenvalue weighted by Crippen LogP contribution is 2.18. The first-order chi connectivity index (χ1) is 13.3. The van der Waals surface area contributed by atoms with E-state index in [1.165, 1.54) is 26.2 Å². The van der Waals surface area contributed by atoms with Crippen molar-refractivity contribution in [3.05, 3.63) is 54.1 Å². The van der Waals surface area contributed by atoms with Crippen LogP contribution >= 0.6 is 0 Å². The minimum absolute atomic E-state index is 0.124. The van der Waals surface area contributed by atoms with Crippen LogP contribution in [0.1, 0.15) is 12.0 Å². The number of sulfonamides is 1. The van der Waals surface area contributed by atoms with Gasteiger partial charge in [0.2, 0.25) is 10.0 Å². The first-order valence-corrected chi connectivity index (χ1v) is 10.2. The number of nitrogens with zero attached hydrogens (tertiary/aromatic N) is 1. The third-order valence-corrected chi connectivity index (χ3v) is 5.82. The molecule has 0 heterocycles. The largest absolute Gasteiger partial charge is 0.497 e. The molecule has 0 unspecified atom stereocenters. The predicted octanol–water partition coefficient (Wildman–Crippen LogP) is 2.50. The maximum absolute atomic E-state index is 12.0. The molecule has 0 saturated heterocycles. The molecule has 0 aliphatic carbocycles. The van der Waals surface area contributed by atoms with Crippen LogP contribution in [0.25, 0.3) is 0 Å². The molecule has 0 N–H and O–H groups in total. The highest BCUT2D eigenvalue weighted by atomic mass is 32.2. The third-order valence-electron chi connectivity index (χ3n) is 3.99. The van der Waals surface area contributed by atoms with Gasteiger partial charge in [0.15, 0.2) is 0 Å². The normalized spacial score (nSPS) is 11.3. The Hall–Kier alpha value is -2.58. The lowest BCUT2D eigenvalue weighted by Gasteiger charge is -2.12. The van der Waals surface area contributed by atoms with Crippen LogP contribution in [0, 0.1) is 0 Å². The molecule has 0 aliphatic rings. The van der Waals surface area contributed by atoms with E-state index in [4.69, 9.17) is 14.2 Å². The number of methoxy groups -OCH3 is 1. The lowest BCUT2D eigenvalue weighted by atomic mass is 10.1. The van der Waals surface area contributed by atoms with Gasteiger partial charge < -0.3 is 14.2 Å². The van der Waals surface area contributed by atoms with E-state index in [0.29, 0.717) is 12.2 Å². The van der Waals surface area contributed by atoms with E-state index in [1.54, 1.807) is 19.2 Å². The van der Waals surface area contributed by atoms with Crippen molar-refractivity contribution in [3.63, 3.8) is 0 Å². The number of carbonyl (C=O) groups is 1. The molecule has 7 nitrogen and oxygen atoms in total. The van der Waals surface area contributed by atoms with Crippen molar-refractivity contribution in [2.24, 2.45) is 0 Å². The van der Waals surface area contributed by atoms with Gasteiger partial charge in [-0.25, -0.2) is 12.7 Å². The second-order valence-electron chi connectivity index (χ2n) is 6.18. The Bertz CT molecular complexity index is 861. The molecule has 0 bridgehead atoms. The summed E-state index contributed by atoms with van der Waals surface area (Å²) in [4.78, 5) is 12.0. The SMILES string of the molecule is COc1ccc(CCC(=O)OCCOc2ccc(S(=O)(=O)N(C)C)cc2)cc1. The van der Waals surface area contributed by atoms with Crippen LogP contribution in [0.4, 0.5) is 0 Å². The fourth-order valence-corrected chi connectivity index (χ4v) is 3.25. The topological polar surface area (TPSA) is 82.1 Å². The molecule has 0 aromatic heterocycles. The summed E-state index contributed by atoms with van der Waals surface area (Å²) in [6.07, 6.45) is 0.870. The van der Waals surface area contributed by atoms with Crippen molar-refractivity contribution in [2.45, 2.75) is 17.7 Å². The van der Waals surface area contributed by atoms with E-state index in [9.17, 15) is 13.2 Å². The van der Waals surface area contributed by atoms with E-state index in [0.717, 1.165) is 15.6 Å². The van der Waals surface area contributed by atoms with Gasteiger partial charge in [0, 0.05) is 20.5 Å². The van der Waals surface area contributed by atoms with E-state index in [-0.39, 0.29) is 30.5 Å². The van der Waals surface area contributed by atoms with Gasteiger partial charge in [-0.15, -0.1) is 0 Å². The second kappa shape index (κ2) is 10.1. The molecule has 0 aliphatic heterocycles. The molecule has 0 radical (unpaired) electrons. The smallest absolute Gasteiger partial charge is 0.306 e. The van der Waals surface area contributed by atoms with Gasteiger partial charge in [-0.3, -0.25) is 4.79 Å². The second-order valence-corrected chi connectivity index (χ2v) is 8.33. The van der Waals surface area contributed by atoms with Crippen LogP contribution in [0.3, 0.4) is 0 Å². The van der Waals surface area contributed by atoms with Gasteiger partial charge in [-0.05, 0) is 48.4 Å². The molecule has 152 valence electrons. The molecule has 0 amide bonds. The number of hydrogen-bond acceptors (Lipinski definition) is 6. The van der Waals surface area contributed by atoms with Gasteiger partial charge in [0.1, 0.15) is 24.7 Å². The van der Waals surface area contributed by atoms with Crippen LogP contribution in [0.5, 0.6) is 11.5 Å². The van der Waals surface area contributed by atoms with Crippen LogP contribution in [-0.2, 0) is 26.0 Å². The number of hydrogen-bond donors (Lipinski definition) is 0. The van der Waals surface area contributed by atoms with Crippen molar-refractivity contribution < 1.29 is 27.4 Å². The van der Waals surface area contributed by atoms with Crippen LogP contribution in [0.2, 0.25) is 0 Å². The standard InChI is InChI=1S/C20H25NO6S/c1-21(2)28(23,24)19-11-9-18(10-12-19)26-14-15-27-20(22)13-6-16-4-7-17(25-3)8-5-16/h4-5,7-12H,6,13-15H2,1-3H3. The summed E-state index contributed by atoms with van der Waals surface area (Å²) in [5.41, 5.74) is 1.03. The molecule has 8 heteroatoms. The Morgan fingerprint density at radius 1 is 0.929 bits per heavy atom. The summed E-state index contributed by atoms with van der Waals surface area (Å²) in [5, 5.41) is 0. The van der Waals surface area contributed by atoms with Gasteiger partial charge in [-0.1, -0.05) is 12.1 Å².